The molecule has 0 bridgehead atoms. The molecule has 1 atom stereocenters. The standard InChI is InChI=1S/C17H19Cl2N3O2/c1-9(22-11(3)17(12(4)23)10(2)21-22)5-16(24)20-15-7-13(18)6-14(19)8-15/h6-9H,5H2,1-4H3,(H,20,24)/t9-/m0/s1. The lowest BCUT2D eigenvalue weighted by molar-refractivity contribution is -0.116. The molecule has 0 aliphatic heterocycles. The van der Waals surface area contributed by atoms with Crippen LogP contribution in [0.1, 0.15) is 48.1 Å². The quantitative estimate of drug-likeness (QED) is 0.785. The topological polar surface area (TPSA) is 64.0 Å². The van der Waals surface area contributed by atoms with Gasteiger partial charge in [0.2, 0.25) is 5.91 Å². The molecule has 128 valence electrons. The lowest BCUT2D eigenvalue weighted by Crippen LogP contribution is -2.19. The van der Waals surface area contributed by atoms with Crippen LogP contribution in [-0.2, 0) is 4.79 Å². The fourth-order valence-electron chi connectivity index (χ4n) is 2.79. The molecule has 0 saturated heterocycles. The molecule has 0 radical (unpaired) electrons. The normalized spacial score (nSPS) is 12.1. The third-order valence-electron chi connectivity index (χ3n) is 3.72. The van der Waals surface area contributed by atoms with Crippen LogP contribution in [0.4, 0.5) is 5.69 Å². The molecule has 0 aliphatic rings. The number of hydrogen-bond acceptors (Lipinski definition) is 3. The van der Waals surface area contributed by atoms with Gasteiger partial charge in [0.05, 0.1) is 17.3 Å². The maximum absolute atomic E-state index is 12.3. The molecule has 1 heterocycles. The van der Waals surface area contributed by atoms with Crippen molar-refractivity contribution in [2.45, 2.75) is 40.2 Å². The Morgan fingerprint density at radius 2 is 1.79 bits per heavy atom. The first kappa shape index (κ1) is 18.5. The number of Topliss-reactive ketones (excluding diaryl/α,β-unsaturated/α-hetero) is 1. The van der Waals surface area contributed by atoms with Crippen LogP contribution in [0.5, 0.6) is 0 Å². The zero-order chi connectivity index (χ0) is 18.0. The number of rotatable bonds is 5. The molecule has 2 rings (SSSR count). The van der Waals surface area contributed by atoms with Gasteiger partial charge in [0.15, 0.2) is 5.78 Å². The van der Waals surface area contributed by atoms with Crippen LogP contribution in [0.25, 0.3) is 0 Å². The van der Waals surface area contributed by atoms with Crippen LogP contribution in [0.15, 0.2) is 18.2 Å². The van der Waals surface area contributed by atoms with Gasteiger partial charge in [-0.1, -0.05) is 23.2 Å². The number of nitrogens with one attached hydrogen (secondary N) is 1. The number of ketones is 1. The van der Waals surface area contributed by atoms with Crippen molar-refractivity contribution in [3.05, 3.63) is 45.2 Å². The average Bonchev–Trinajstić information content (AvgIpc) is 2.72. The highest BCUT2D eigenvalue weighted by atomic mass is 35.5. The van der Waals surface area contributed by atoms with E-state index in [-0.39, 0.29) is 24.2 Å². The van der Waals surface area contributed by atoms with Gasteiger partial charge >= 0.3 is 0 Å². The number of nitrogens with zero attached hydrogens (tertiary/aromatic N) is 2. The third-order valence-corrected chi connectivity index (χ3v) is 4.16. The molecule has 24 heavy (non-hydrogen) atoms. The van der Waals surface area contributed by atoms with E-state index < -0.39 is 0 Å². The van der Waals surface area contributed by atoms with Crippen molar-refractivity contribution in [3.8, 4) is 0 Å². The number of benzene rings is 1. The molecule has 0 aliphatic carbocycles. The summed E-state index contributed by atoms with van der Waals surface area (Å²) in [4.78, 5) is 23.9. The molecule has 1 amide bonds. The van der Waals surface area contributed by atoms with E-state index in [1.54, 1.807) is 29.8 Å². The fraction of sp³-hybridized carbons (Fsp3) is 0.353. The van der Waals surface area contributed by atoms with Crippen molar-refractivity contribution in [2.75, 3.05) is 5.32 Å². The molecule has 1 N–H and O–H groups in total. The first-order valence-corrected chi connectivity index (χ1v) is 8.27. The van der Waals surface area contributed by atoms with Crippen molar-refractivity contribution >= 4 is 40.6 Å². The van der Waals surface area contributed by atoms with Gasteiger partial charge in [0, 0.05) is 27.8 Å². The number of carbonyl (C=O) groups is 2. The summed E-state index contributed by atoms with van der Waals surface area (Å²) in [7, 11) is 0. The Balaban J connectivity index is 2.12. The van der Waals surface area contributed by atoms with Crippen LogP contribution in [0, 0.1) is 13.8 Å². The monoisotopic (exact) mass is 367 g/mol. The van der Waals surface area contributed by atoms with Crippen molar-refractivity contribution in [1.82, 2.24) is 9.78 Å². The number of carbonyl (C=O) groups excluding carboxylic acids is 2. The number of amides is 1. The summed E-state index contributed by atoms with van der Waals surface area (Å²) >= 11 is 11.8. The largest absolute Gasteiger partial charge is 0.326 e. The lowest BCUT2D eigenvalue weighted by Gasteiger charge is -2.14. The highest BCUT2D eigenvalue weighted by Gasteiger charge is 2.20. The molecule has 0 unspecified atom stereocenters. The minimum absolute atomic E-state index is 0.0264. The number of aromatic nitrogens is 2. The van der Waals surface area contributed by atoms with E-state index in [0.29, 0.717) is 27.0 Å². The van der Waals surface area contributed by atoms with E-state index >= 15 is 0 Å². The summed E-state index contributed by atoms with van der Waals surface area (Å²) in [5.41, 5.74) is 2.60. The lowest BCUT2D eigenvalue weighted by atomic mass is 10.1. The van der Waals surface area contributed by atoms with Crippen LogP contribution >= 0.6 is 23.2 Å². The summed E-state index contributed by atoms with van der Waals surface area (Å²) in [6, 6.07) is 4.67. The van der Waals surface area contributed by atoms with Gasteiger partial charge in [-0.25, -0.2) is 0 Å². The molecule has 1 aromatic heterocycles. The SMILES string of the molecule is CC(=O)c1c(C)nn([C@@H](C)CC(=O)Nc2cc(Cl)cc(Cl)c2)c1C. The minimum atomic E-state index is -0.188. The average molecular weight is 368 g/mol. The number of aryl methyl sites for hydroxylation is 1. The van der Waals surface area contributed by atoms with Gasteiger partial charge in [-0.3, -0.25) is 14.3 Å². The van der Waals surface area contributed by atoms with Gasteiger partial charge < -0.3 is 5.32 Å². The summed E-state index contributed by atoms with van der Waals surface area (Å²) in [5.74, 6) is -0.209. The summed E-state index contributed by atoms with van der Waals surface area (Å²) in [5, 5.41) is 8.07. The second-order valence-corrected chi connectivity index (χ2v) is 6.68. The van der Waals surface area contributed by atoms with E-state index in [2.05, 4.69) is 10.4 Å². The maximum atomic E-state index is 12.3. The fourth-order valence-corrected chi connectivity index (χ4v) is 3.32. The maximum Gasteiger partial charge on any atom is 0.226 e. The van der Waals surface area contributed by atoms with E-state index in [4.69, 9.17) is 23.2 Å². The number of halogens is 2. The predicted octanol–water partition coefficient (Wildman–Crippen LogP) is 4.60. The van der Waals surface area contributed by atoms with Gasteiger partial charge in [0.25, 0.3) is 0 Å². The summed E-state index contributed by atoms with van der Waals surface area (Å²) in [6.45, 7) is 7.03. The Bertz CT molecular complexity index is 779. The Morgan fingerprint density at radius 1 is 1.21 bits per heavy atom. The molecule has 0 spiro atoms. The van der Waals surface area contributed by atoms with Crippen LogP contribution in [0.3, 0.4) is 0 Å². The molecule has 0 fully saturated rings. The van der Waals surface area contributed by atoms with Crippen LogP contribution in [0.2, 0.25) is 10.0 Å². The second-order valence-electron chi connectivity index (χ2n) is 5.81. The van der Waals surface area contributed by atoms with Crippen molar-refractivity contribution in [2.24, 2.45) is 0 Å². The molecule has 5 nitrogen and oxygen atoms in total. The highest BCUT2D eigenvalue weighted by molar-refractivity contribution is 6.35. The van der Waals surface area contributed by atoms with Crippen molar-refractivity contribution < 1.29 is 9.59 Å². The zero-order valence-corrected chi connectivity index (χ0v) is 15.5. The predicted molar refractivity (Wildman–Crippen MR) is 96.1 cm³/mol. The first-order chi connectivity index (χ1) is 11.2. The van der Waals surface area contributed by atoms with Gasteiger partial charge in [-0.05, 0) is 45.9 Å². The Hall–Kier alpha value is -1.85. The Morgan fingerprint density at radius 3 is 2.29 bits per heavy atom. The van der Waals surface area contributed by atoms with E-state index in [0.717, 1.165) is 5.69 Å². The summed E-state index contributed by atoms with van der Waals surface area (Å²) < 4.78 is 1.72. The van der Waals surface area contributed by atoms with Crippen LogP contribution < -0.4 is 5.32 Å². The molecular weight excluding hydrogens is 349 g/mol. The van der Waals surface area contributed by atoms with Gasteiger partial charge in [0.1, 0.15) is 0 Å². The molecule has 0 saturated carbocycles. The van der Waals surface area contributed by atoms with Gasteiger partial charge in [-0.2, -0.15) is 5.10 Å². The number of anilines is 1. The Labute approximate surface area is 150 Å². The number of hydrogen-bond donors (Lipinski definition) is 1. The van der Waals surface area contributed by atoms with Gasteiger partial charge in [-0.15, -0.1) is 0 Å². The van der Waals surface area contributed by atoms with Crippen molar-refractivity contribution in [1.29, 1.82) is 0 Å². The summed E-state index contributed by atoms with van der Waals surface area (Å²) in [6.07, 6.45) is 0.212. The minimum Gasteiger partial charge on any atom is -0.326 e. The molecule has 1 aromatic carbocycles. The van der Waals surface area contributed by atoms with E-state index in [1.165, 1.54) is 6.92 Å². The highest BCUT2D eigenvalue weighted by Crippen LogP contribution is 2.24. The van der Waals surface area contributed by atoms with Crippen LogP contribution in [-0.4, -0.2) is 21.5 Å². The smallest absolute Gasteiger partial charge is 0.226 e. The zero-order valence-electron chi connectivity index (χ0n) is 14.0. The molecular formula is C17H19Cl2N3O2. The molecule has 7 heteroatoms. The van der Waals surface area contributed by atoms with Crippen molar-refractivity contribution in [3.63, 3.8) is 0 Å². The first-order valence-electron chi connectivity index (χ1n) is 7.51. The third kappa shape index (κ3) is 4.16. The second kappa shape index (κ2) is 7.36. The van der Waals surface area contributed by atoms with E-state index in [9.17, 15) is 9.59 Å². The molecule has 2 aromatic rings. The van der Waals surface area contributed by atoms with E-state index in [1.807, 2.05) is 13.8 Å². The Kier molecular flexibility index (Phi) is 5.67.